The van der Waals surface area contributed by atoms with Crippen molar-refractivity contribution in [2.24, 2.45) is 0 Å². The molecule has 2 N–H and O–H groups in total. The number of carboxylic acid groups (broad SMARTS) is 1. The number of carboxylic acids is 1. The molecule has 2 saturated carbocycles. The van der Waals surface area contributed by atoms with Crippen LogP contribution in [0.25, 0.3) is 0 Å². The Bertz CT molecular complexity index is 345. The van der Waals surface area contributed by atoms with E-state index in [1.54, 1.807) is 11.9 Å². The van der Waals surface area contributed by atoms with Gasteiger partial charge in [0.15, 0.2) is 0 Å². The molecule has 0 bridgehead atoms. The summed E-state index contributed by atoms with van der Waals surface area (Å²) in [4.78, 5) is 25.4. The van der Waals surface area contributed by atoms with Gasteiger partial charge in [-0.3, -0.25) is 0 Å². The molecule has 2 aliphatic rings. The van der Waals surface area contributed by atoms with Crippen molar-refractivity contribution in [2.45, 2.75) is 69.4 Å². The van der Waals surface area contributed by atoms with Crippen LogP contribution in [0.2, 0.25) is 0 Å². The zero-order valence-electron chi connectivity index (χ0n) is 11.7. The Morgan fingerprint density at radius 3 is 2.21 bits per heavy atom. The number of nitrogens with one attached hydrogen (secondary N) is 1. The number of urea groups is 1. The first-order valence-corrected chi connectivity index (χ1v) is 7.33. The average molecular weight is 268 g/mol. The van der Waals surface area contributed by atoms with Gasteiger partial charge in [0.25, 0.3) is 0 Å². The van der Waals surface area contributed by atoms with Gasteiger partial charge >= 0.3 is 12.0 Å². The van der Waals surface area contributed by atoms with Crippen LogP contribution < -0.4 is 5.32 Å². The third kappa shape index (κ3) is 3.01. The minimum absolute atomic E-state index is 0.226. The number of rotatable bonds is 3. The van der Waals surface area contributed by atoms with Crippen molar-refractivity contribution in [2.75, 3.05) is 7.05 Å². The summed E-state index contributed by atoms with van der Waals surface area (Å²) >= 11 is 0. The fourth-order valence-electron chi connectivity index (χ4n) is 3.30. The fourth-order valence-corrected chi connectivity index (χ4v) is 3.30. The molecule has 5 nitrogen and oxygen atoms in total. The summed E-state index contributed by atoms with van der Waals surface area (Å²) < 4.78 is 0. The van der Waals surface area contributed by atoms with Gasteiger partial charge in [0.05, 0.1) is 0 Å². The van der Waals surface area contributed by atoms with Crippen molar-refractivity contribution in [3.63, 3.8) is 0 Å². The first kappa shape index (κ1) is 14.2. The largest absolute Gasteiger partial charge is 0.480 e. The van der Waals surface area contributed by atoms with Crippen LogP contribution in [-0.4, -0.2) is 40.6 Å². The Labute approximate surface area is 114 Å². The maximum atomic E-state index is 12.3. The fraction of sp³-hybridized carbons (Fsp3) is 0.857. The second-order valence-corrected chi connectivity index (χ2v) is 5.93. The first-order valence-electron chi connectivity index (χ1n) is 7.33. The summed E-state index contributed by atoms with van der Waals surface area (Å²) in [7, 11) is 1.79. The molecule has 19 heavy (non-hydrogen) atoms. The standard InChI is InChI=1S/C14H24N2O3/c1-16(11-7-3-2-4-8-11)13(19)15-14(12(17)18)9-5-6-10-14/h11H,2-10H2,1H3,(H,15,19)(H,17,18). The van der Waals surface area contributed by atoms with Crippen LogP contribution in [0.15, 0.2) is 0 Å². The molecule has 0 aromatic heterocycles. The second kappa shape index (κ2) is 5.80. The lowest BCUT2D eigenvalue weighted by Gasteiger charge is -2.34. The molecule has 0 atom stereocenters. The van der Waals surface area contributed by atoms with E-state index >= 15 is 0 Å². The topological polar surface area (TPSA) is 69.6 Å². The molecular formula is C14H24N2O3. The Kier molecular flexibility index (Phi) is 4.32. The smallest absolute Gasteiger partial charge is 0.329 e. The van der Waals surface area contributed by atoms with E-state index in [9.17, 15) is 14.7 Å². The van der Waals surface area contributed by atoms with Gasteiger partial charge in [0.2, 0.25) is 0 Å². The van der Waals surface area contributed by atoms with Gasteiger partial charge in [-0.2, -0.15) is 0 Å². The lowest BCUT2D eigenvalue weighted by atomic mass is 9.94. The molecule has 2 fully saturated rings. The summed E-state index contributed by atoms with van der Waals surface area (Å²) in [6.07, 6.45) is 8.47. The average Bonchev–Trinajstić information content (AvgIpc) is 2.88. The molecule has 0 aromatic rings. The van der Waals surface area contributed by atoms with E-state index in [4.69, 9.17) is 0 Å². The minimum Gasteiger partial charge on any atom is -0.480 e. The van der Waals surface area contributed by atoms with Gasteiger partial charge in [-0.1, -0.05) is 32.1 Å². The maximum Gasteiger partial charge on any atom is 0.329 e. The van der Waals surface area contributed by atoms with Crippen molar-refractivity contribution in [1.29, 1.82) is 0 Å². The van der Waals surface area contributed by atoms with Gasteiger partial charge in [-0.15, -0.1) is 0 Å². The van der Waals surface area contributed by atoms with Crippen LogP contribution >= 0.6 is 0 Å². The SMILES string of the molecule is CN(C(=O)NC1(C(=O)O)CCCC1)C1CCCCC1. The van der Waals surface area contributed by atoms with Gasteiger partial charge in [0.1, 0.15) is 5.54 Å². The summed E-state index contributed by atoms with van der Waals surface area (Å²) in [5, 5.41) is 12.1. The predicted octanol–water partition coefficient (Wildman–Crippen LogP) is 2.36. The Morgan fingerprint density at radius 2 is 1.68 bits per heavy atom. The van der Waals surface area contributed by atoms with Gasteiger partial charge in [-0.25, -0.2) is 9.59 Å². The third-order valence-corrected chi connectivity index (χ3v) is 4.66. The van der Waals surface area contributed by atoms with Gasteiger partial charge in [-0.05, 0) is 25.7 Å². The van der Waals surface area contributed by atoms with Crippen molar-refractivity contribution in [1.82, 2.24) is 10.2 Å². The molecule has 0 aliphatic heterocycles. The van der Waals surface area contributed by atoms with Crippen LogP contribution in [0.4, 0.5) is 4.79 Å². The molecule has 0 heterocycles. The first-order chi connectivity index (χ1) is 9.05. The monoisotopic (exact) mass is 268 g/mol. The highest BCUT2D eigenvalue weighted by molar-refractivity contribution is 5.86. The van der Waals surface area contributed by atoms with Crippen molar-refractivity contribution >= 4 is 12.0 Å². The lowest BCUT2D eigenvalue weighted by Crippen LogP contribution is -2.57. The van der Waals surface area contributed by atoms with Crippen LogP contribution in [0.3, 0.4) is 0 Å². The van der Waals surface area contributed by atoms with Gasteiger partial charge < -0.3 is 15.3 Å². The zero-order valence-corrected chi connectivity index (χ0v) is 11.7. The van der Waals surface area contributed by atoms with Crippen molar-refractivity contribution in [3.8, 4) is 0 Å². The van der Waals surface area contributed by atoms with E-state index in [0.717, 1.165) is 38.5 Å². The normalized spacial score (nSPS) is 23.0. The van der Waals surface area contributed by atoms with Gasteiger partial charge in [0, 0.05) is 13.1 Å². The van der Waals surface area contributed by atoms with E-state index < -0.39 is 11.5 Å². The number of carbonyl (C=O) groups is 2. The van der Waals surface area contributed by atoms with E-state index in [1.165, 1.54) is 6.42 Å². The van der Waals surface area contributed by atoms with E-state index in [-0.39, 0.29) is 12.1 Å². The minimum atomic E-state index is -1.03. The molecule has 0 radical (unpaired) electrons. The number of hydrogen-bond donors (Lipinski definition) is 2. The van der Waals surface area contributed by atoms with E-state index in [0.29, 0.717) is 12.8 Å². The van der Waals surface area contributed by atoms with Crippen molar-refractivity contribution in [3.05, 3.63) is 0 Å². The van der Waals surface area contributed by atoms with Crippen LogP contribution in [0.1, 0.15) is 57.8 Å². The molecule has 0 aromatic carbocycles. The molecule has 2 rings (SSSR count). The molecule has 0 spiro atoms. The highest BCUT2D eigenvalue weighted by Crippen LogP contribution is 2.30. The Balaban J connectivity index is 1.97. The maximum absolute atomic E-state index is 12.3. The highest BCUT2D eigenvalue weighted by Gasteiger charge is 2.43. The second-order valence-electron chi connectivity index (χ2n) is 5.93. The quantitative estimate of drug-likeness (QED) is 0.825. The number of hydrogen-bond acceptors (Lipinski definition) is 2. The third-order valence-electron chi connectivity index (χ3n) is 4.66. The zero-order chi connectivity index (χ0) is 13.9. The lowest BCUT2D eigenvalue weighted by molar-refractivity contribution is -0.144. The number of carbonyl (C=O) groups excluding carboxylic acids is 1. The molecule has 5 heteroatoms. The summed E-state index contributed by atoms with van der Waals surface area (Å²) in [5.74, 6) is -0.893. The Morgan fingerprint density at radius 1 is 1.11 bits per heavy atom. The van der Waals surface area contributed by atoms with E-state index in [2.05, 4.69) is 5.32 Å². The molecular weight excluding hydrogens is 244 g/mol. The molecule has 0 unspecified atom stereocenters. The predicted molar refractivity (Wildman–Crippen MR) is 72.0 cm³/mol. The van der Waals surface area contributed by atoms with Crippen molar-refractivity contribution < 1.29 is 14.7 Å². The number of aliphatic carboxylic acids is 1. The summed E-state index contributed by atoms with van der Waals surface area (Å²) in [5.41, 5.74) is -1.03. The van der Waals surface area contributed by atoms with E-state index in [1.807, 2.05) is 0 Å². The molecule has 0 saturated heterocycles. The summed E-state index contributed by atoms with van der Waals surface area (Å²) in [6, 6.07) is 0.0391. The van der Waals surface area contributed by atoms with Crippen LogP contribution in [-0.2, 0) is 4.79 Å². The molecule has 108 valence electrons. The van der Waals surface area contributed by atoms with Crippen LogP contribution in [0.5, 0.6) is 0 Å². The number of amides is 2. The summed E-state index contributed by atoms with van der Waals surface area (Å²) in [6.45, 7) is 0. The molecule has 2 aliphatic carbocycles. The number of nitrogens with zero attached hydrogens (tertiary/aromatic N) is 1. The van der Waals surface area contributed by atoms with Crippen LogP contribution in [0, 0.1) is 0 Å². The molecule has 2 amide bonds. The highest BCUT2D eigenvalue weighted by atomic mass is 16.4. The Hall–Kier alpha value is -1.26.